The van der Waals surface area contributed by atoms with E-state index >= 15 is 0 Å². The molecule has 2 unspecified atom stereocenters. The van der Waals surface area contributed by atoms with Crippen molar-refractivity contribution >= 4 is 0 Å². The first-order valence-corrected chi connectivity index (χ1v) is 7.34. The second kappa shape index (κ2) is 5.00. The Kier molecular flexibility index (Phi) is 3.31. The Labute approximate surface area is 119 Å². The maximum Gasteiger partial charge on any atom is 0.150 e. The highest BCUT2D eigenvalue weighted by Gasteiger charge is 2.42. The van der Waals surface area contributed by atoms with Gasteiger partial charge in [-0.1, -0.05) is 6.92 Å². The van der Waals surface area contributed by atoms with Gasteiger partial charge in [0.1, 0.15) is 17.5 Å². The minimum Gasteiger partial charge on any atom is -0.253 e. The smallest absolute Gasteiger partial charge is 0.150 e. The number of nitrogens with zero attached hydrogens (tertiary/aromatic N) is 6. The van der Waals surface area contributed by atoms with E-state index in [1.807, 2.05) is 30.4 Å². The fourth-order valence-corrected chi connectivity index (χ4v) is 2.86. The van der Waals surface area contributed by atoms with Crippen LogP contribution < -0.4 is 0 Å². The van der Waals surface area contributed by atoms with E-state index in [-0.39, 0.29) is 0 Å². The molecule has 0 saturated heterocycles. The van der Waals surface area contributed by atoms with E-state index in [0.717, 1.165) is 42.6 Å². The molecule has 6 nitrogen and oxygen atoms in total. The van der Waals surface area contributed by atoms with Crippen molar-refractivity contribution in [3.8, 4) is 0 Å². The molecule has 0 aromatic carbocycles. The molecule has 2 heterocycles. The van der Waals surface area contributed by atoms with Crippen molar-refractivity contribution < 1.29 is 0 Å². The summed E-state index contributed by atoms with van der Waals surface area (Å²) < 4.78 is 3.85. The first kappa shape index (κ1) is 13.3. The zero-order chi connectivity index (χ0) is 14.3. The van der Waals surface area contributed by atoms with Crippen LogP contribution in [0.25, 0.3) is 0 Å². The van der Waals surface area contributed by atoms with E-state index in [1.54, 1.807) is 0 Å². The summed E-state index contributed by atoms with van der Waals surface area (Å²) >= 11 is 0. The highest BCUT2D eigenvalue weighted by atomic mass is 15.3. The number of rotatable bonds is 5. The third-order valence-corrected chi connectivity index (χ3v) is 3.97. The summed E-state index contributed by atoms with van der Waals surface area (Å²) in [6.45, 7) is 4.10. The van der Waals surface area contributed by atoms with Crippen LogP contribution in [-0.2, 0) is 26.9 Å². The molecule has 2 aromatic rings. The van der Waals surface area contributed by atoms with Crippen LogP contribution in [-0.4, -0.2) is 29.5 Å². The molecule has 2 atom stereocenters. The summed E-state index contributed by atoms with van der Waals surface area (Å²) in [7, 11) is 3.97. The predicted octanol–water partition coefficient (Wildman–Crippen LogP) is 1.55. The number of aromatic nitrogens is 6. The summed E-state index contributed by atoms with van der Waals surface area (Å²) in [4.78, 5) is 9.17. The highest BCUT2D eigenvalue weighted by molar-refractivity contribution is 5.13. The Bertz CT molecular complexity index is 611. The van der Waals surface area contributed by atoms with E-state index < -0.39 is 0 Å². The van der Waals surface area contributed by atoms with Crippen LogP contribution >= 0.6 is 0 Å². The van der Waals surface area contributed by atoms with Crippen molar-refractivity contribution in [1.82, 2.24) is 29.5 Å². The van der Waals surface area contributed by atoms with Gasteiger partial charge in [-0.25, -0.2) is 9.97 Å². The molecule has 20 heavy (non-hydrogen) atoms. The van der Waals surface area contributed by atoms with E-state index in [9.17, 15) is 0 Å². The van der Waals surface area contributed by atoms with Crippen LogP contribution in [0.5, 0.6) is 0 Å². The average Bonchev–Trinajstić information content (AvgIpc) is 2.93. The summed E-state index contributed by atoms with van der Waals surface area (Å²) in [6, 6.07) is 0. The van der Waals surface area contributed by atoms with Gasteiger partial charge in [-0.05, 0) is 25.7 Å². The Morgan fingerprint density at radius 3 is 2.60 bits per heavy atom. The standard InChI is InChI=1S/C14H22N6/c1-5-6-12-16-13(19(3)18-12)8-10-7-11(10)14-15-9(2)17-20(14)4/h10-11H,5-8H2,1-4H3. The van der Waals surface area contributed by atoms with Crippen LogP contribution in [0, 0.1) is 12.8 Å². The SMILES string of the molecule is CCCc1nc(CC2CC2c2nc(C)nn2C)n(C)n1. The maximum atomic E-state index is 4.64. The van der Waals surface area contributed by atoms with Crippen LogP contribution in [0.4, 0.5) is 0 Å². The second-order valence-corrected chi connectivity index (χ2v) is 5.77. The molecular formula is C14H22N6. The molecular weight excluding hydrogens is 252 g/mol. The number of hydrogen-bond donors (Lipinski definition) is 0. The molecule has 6 heteroatoms. The summed E-state index contributed by atoms with van der Waals surface area (Å²) in [6.07, 6.45) is 4.23. The van der Waals surface area contributed by atoms with Gasteiger partial charge in [0.05, 0.1) is 0 Å². The lowest BCUT2D eigenvalue weighted by Gasteiger charge is -2.00. The van der Waals surface area contributed by atoms with Crippen molar-refractivity contribution in [1.29, 1.82) is 0 Å². The minimum absolute atomic E-state index is 0.535. The highest BCUT2D eigenvalue weighted by Crippen LogP contribution is 2.48. The molecule has 1 aliphatic rings. The first-order chi connectivity index (χ1) is 9.58. The quantitative estimate of drug-likeness (QED) is 0.830. The number of hydrogen-bond acceptors (Lipinski definition) is 4. The maximum absolute atomic E-state index is 4.64. The van der Waals surface area contributed by atoms with Gasteiger partial charge in [-0.15, -0.1) is 0 Å². The van der Waals surface area contributed by atoms with Gasteiger partial charge in [0.2, 0.25) is 0 Å². The monoisotopic (exact) mass is 274 g/mol. The zero-order valence-corrected chi connectivity index (χ0v) is 12.7. The molecule has 0 radical (unpaired) electrons. The molecule has 108 valence electrons. The van der Waals surface area contributed by atoms with Gasteiger partial charge in [-0.3, -0.25) is 9.36 Å². The van der Waals surface area contributed by atoms with E-state index in [1.165, 1.54) is 6.42 Å². The zero-order valence-electron chi connectivity index (χ0n) is 12.7. The third-order valence-electron chi connectivity index (χ3n) is 3.97. The third kappa shape index (κ3) is 2.46. The lowest BCUT2D eigenvalue weighted by Crippen LogP contribution is -2.03. The normalized spacial score (nSPS) is 21.4. The molecule has 0 aliphatic heterocycles. The Balaban J connectivity index is 1.67. The van der Waals surface area contributed by atoms with Crippen LogP contribution in [0.2, 0.25) is 0 Å². The minimum atomic E-state index is 0.535. The topological polar surface area (TPSA) is 61.4 Å². The molecule has 3 rings (SSSR count). The van der Waals surface area contributed by atoms with E-state index in [2.05, 4.69) is 27.1 Å². The van der Waals surface area contributed by atoms with Crippen LogP contribution in [0.1, 0.15) is 49.0 Å². The van der Waals surface area contributed by atoms with Gasteiger partial charge in [0, 0.05) is 32.9 Å². The van der Waals surface area contributed by atoms with Crippen molar-refractivity contribution in [3.63, 3.8) is 0 Å². The summed E-state index contributed by atoms with van der Waals surface area (Å²) in [5.41, 5.74) is 0. The second-order valence-electron chi connectivity index (χ2n) is 5.77. The van der Waals surface area contributed by atoms with Gasteiger partial charge < -0.3 is 0 Å². The fraction of sp³-hybridized carbons (Fsp3) is 0.714. The average molecular weight is 274 g/mol. The van der Waals surface area contributed by atoms with Crippen molar-refractivity contribution in [2.24, 2.45) is 20.0 Å². The molecule has 1 saturated carbocycles. The van der Waals surface area contributed by atoms with E-state index in [0.29, 0.717) is 11.8 Å². The van der Waals surface area contributed by atoms with Crippen LogP contribution in [0.3, 0.4) is 0 Å². The Morgan fingerprint density at radius 2 is 1.95 bits per heavy atom. The van der Waals surface area contributed by atoms with Crippen molar-refractivity contribution in [2.75, 3.05) is 0 Å². The summed E-state index contributed by atoms with van der Waals surface area (Å²) in [5, 5.41) is 8.81. The molecule has 1 fully saturated rings. The van der Waals surface area contributed by atoms with Gasteiger partial charge in [-0.2, -0.15) is 10.2 Å². The van der Waals surface area contributed by atoms with Crippen LogP contribution in [0.15, 0.2) is 0 Å². The largest absolute Gasteiger partial charge is 0.253 e. The molecule has 0 bridgehead atoms. The van der Waals surface area contributed by atoms with Gasteiger partial charge >= 0.3 is 0 Å². The lowest BCUT2D eigenvalue weighted by molar-refractivity contribution is 0.632. The summed E-state index contributed by atoms with van der Waals surface area (Å²) in [5.74, 6) is 5.21. The van der Waals surface area contributed by atoms with Crippen molar-refractivity contribution in [2.45, 2.75) is 45.4 Å². The number of aryl methyl sites for hydroxylation is 4. The molecule has 0 N–H and O–H groups in total. The lowest BCUT2D eigenvalue weighted by atomic mass is 10.2. The van der Waals surface area contributed by atoms with Crippen molar-refractivity contribution in [3.05, 3.63) is 23.3 Å². The molecule has 0 spiro atoms. The van der Waals surface area contributed by atoms with Gasteiger partial charge in [0.25, 0.3) is 0 Å². The molecule has 0 amide bonds. The Morgan fingerprint density at radius 1 is 1.15 bits per heavy atom. The molecule has 1 aliphatic carbocycles. The first-order valence-electron chi connectivity index (χ1n) is 7.34. The predicted molar refractivity (Wildman–Crippen MR) is 75.3 cm³/mol. The van der Waals surface area contributed by atoms with E-state index in [4.69, 9.17) is 0 Å². The van der Waals surface area contributed by atoms with Gasteiger partial charge in [0.15, 0.2) is 5.82 Å². The Hall–Kier alpha value is -1.72. The fourth-order valence-electron chi connectivity index (χ4n) is 2.86. The molecule has 2 aromatic heterocycles.